The van der Waals surface area contributed by atoms with Gasteiger partial charge in [0.05, 0.1) is 28.4 Å². The third-order valence-electron chi connectivity index (χ3n) is 3.74. The summed E-state index contributed by atoms with van der Waals surface area (Å²) in [5.41, 5.74) is 2.37. The minimum Gasteiger partial charge on any atom is -0.324 e. The molecule has 2 N–H and O–H groups in total. The number of nitrogens with one attached hydrogen (secondary N) is 2. The average Bonchev–Trinajstić information content (AvgIpc) is 3.28. The third-order valence-corrected chi connectivity index (χ3v) is 3.74. The standard InChI is InChI=1S/C18H11FN6O/c19-12-4-5-14-16(9-12)22-18(21-14)23-17(26)15-6-7-25(24-15)13-3-1-2-11(8-13)10-20/h1-9H,(H2,21,22,23,26). The van der Waals surface area contributed by atoms with E-state index < -0.39 is 11.7 Å². The number of rotatable bonds is 3. The highest BCUT2D eigenvalue weighted by Crippen LogP contribution is 2.16. The van der Waals surface area contributed by atoms with Crippen LogP contribution in [0.1, 0.15) is 16.1 Å². The van der Waals surface area contributed by atoms with Crippen LogP contribution in [0.25, 0.3) is 16.7 Å². The van der Waals surface area contributed by atoms with Crippen LogP contribution in [-0.2, 0) is 0 Å². The molecule has 0 bridgehead atoms. The molecule has 7 nitrogen and oxygen atoms in total. The van der Waals surface area contributed by atoms with Crippen molar-refractivity contribution in [2.45, 2.75) is 0 Å². The first-order valence-corrected chi connectivity index (χ1v) is 7.65. The summed E-state index contributed by atoms with van der Waals surface area (Å²) >= 11 is 0. The van der Waals surface area contributed by atoms with Crippen molar-refractivity contribution < 1.29 is 9.18 Å². The molecule has 2 heterocycles. The molecule has 0 unspecified atom stereocenters. The molecule has 2 aromatic carbocycles. The summed E-state index contributed by atoms with van der Waals surface area (Å²) < 4.78 is 14.7. The topological polar surface area (TPSA) is 99.4 Å². The Morgan fingerprint density at radius 1 is 1.23 bits per heavy atom. The fourth-order valence-electron chi connectivity index (χ4n) is 2.52. The van der Waals surface area contributed by atoms with Gasteiger partial charge in [0, 0.05) is 6.20 Å². The van der Waals surface area contributed by atoms with E-state index >= 15 is 0 Å². The number of fused-ring (bicyclic) bond motifs is 1. The number of aromatic nitrogens is 4. The first-order valence-electron chi connectivity index (χ1n) is 7.65. The maximum Gasteiger partial charge on any atom is 0.278 e. The number of hydrogen-bond donors (Lipinski definition) is 2. The number of benzene rings is 2. The molecule has 26 heavy (non-hydrogen) atoms. The Balaban J connectivity index is 1.56. The monoisotopic (exact) mass is 346 g/mol. The molecular formula is C18H11FN6O. The van der Waals surface area contributed by atoms with Gasteiger partial charge in [-0.15, -0.1) is 0 Å². The van der Waals surface area contributed by atoms with Gasteiger partial charge in [0.1, 0.15) is 5.82 Å². The predicted octanol–water partition coefficient (Wildman–Crippen LogP) is 3.01. The van der Waals surface area contributed by atoms with Crippen LogP contribution in [0.4, 0.5) is 10.3 Å². The second-order valence-electron chi connectivity index (χ2n) is 5.51. The average molecular weight is 346 g/mol. The van der Waals surface area contributed by atoms with Crippen LogP contribution in [0, 0.1) is 17.1 Å². The normalized spacial score (nSPS) is 10.6. The van der Waals surface area contributed by atoms with E-state index in [1.807, 2.05) is 0 Å². The highest BCUT2D eigenvalue weighted by Gasteiger charge is 2.13. The van der Waals surface area contributed by atoms with E-state index in [4.69, 9.17) is 5.26 Å². The Labute approximate surface area is 146 Å². The van der Waals surface area contributed by atoms with E-state index in [0.29, 0.717) is 22.3 Å². The van der Waals surface area contributed by atoms with Crippen molar-refractivity contribution in [2.75, 3.05) is 5.32 Å². The number of H-pyrrole nitrogens is 1. The molecule has 4 rings (SSSR count). The van der Waals surface area contributed by atoms with Crippen molar-refractivity contribution in [2.24, 2.45) is 0 Å². The van der Waals surface area contributed by atoms with Crippen LogP contribution >= 0.6 is 0 Å². The quantitative estimate of drug-likeness (QED) is 0.595. The van der Waals surface area contributed by atoms with Crippen LogP contribution in [0.2, 0.25) is 0 Å². The van der Waals surface area contributed by atoms with Crippen molar-refractivity contribution in [3.05, 3.63) is 71.8 Å². The zero-order valence-corrected chi connectivity index (χ0v) is 13.3. The molecule has 8 heteroatoms. The molecule has 0 aliphatic rings. The Bertz CT molecular complexity index is 1170. The lowest BCUT2D eigenvalue weighted by Gasteiger charge is -2.01. The number of amides is 1. The van der Waals surface area contributed by atoms with Gasteiger partial charge >= 0.3 is 0 Å². The Morgan fingerprint density at radius 2 is 2.12 bits per heavy atom. The van der Waals surface area contributed by atoms with Crippen LogP contribution < -0.4 is 5.32 Å². The second-order valence-corrected chi connectivity index (χ2v) is 5.51. The number of carbonyl (C=O) groups excluding carboxylic acids is 1. The molecule has 1 amide bonds. The van der Waals surface area contributed by atoms with E-state index in [9.17, 15) is 9.18 Å². The lowest BCUT2D eigenvalue weighted by Crippen LogP contribution is -2.14. The minimum atomic E-state index is -0.459. The van der Waals surface area contributed by atoms with Crippen molar-refractivity contribution in [3.63, 3.8) is 0 Å². The zero-order chi connectivity index (χ0) is 18.1. The summed E-state index contributed by atoms with van der Waals surface area (Å²) in [4.78, 5) is 19.4. The van der Waals surface area contributed by atoms with Crippen LogP contribution in [-0.4, -0.2) is 25.7 Å². The van der Waals surface area contributed by atoms with Gasteiger partial charge in [-0.25, -0.2) is 14.1 Å². The van der Waals surface area contributed by atoms with E-state index in [-0.39, 0.29) is 11.6 Å². The van der Waals surface area contributed by atoms with Crippen molar-refractivity contribution >= 4 is 22.9 Å². The van der Waals surface area contributed by atoms with E-state index in [2.05, 4.69) is 26.5 Å². The van der Waals surface area contributed by atoms with Crippen molar-refractivity contribution in [1.82, 2.24) is 19.7 Å². The highest BCUT2D eigenvalue weighted by atomic mass is 19.1. The second kappa shape index (κ2) is 6.14. The summed E-state index contributed by atoms with van der Waals surface area (Å²) in [6.07, 6.45) is 1.62. The number of imidazole rings is 1. The molecule has 0 atom stereocenters. The van der Waals surface area contributed by atoms with Crippen LogP contribution in [0.15, 0.2) is 54.7 Å². The summed E-state index contributed by atoms with van der Waals surface area (Å²) in [7, 11) is 0. The lowest BCUT2D eigenvalue weighted by molar-refractivity contribution is 0.102. The number of halogens is 1. The molecule has 0 fully saturated rings. The Morgan fingerprint density at radius 3 is 2.96 bits per heavy atom. The van der Waals surface area contributed by atoms with Crippen LogP contribution in [0.5, 0.6) is 0 Å². The summed E-state index contributed by atoms with van der Waals surface area (Å²) in [5.74, 6) is -0.645. The fraction of sp³-hybridized carbons (Fsp3) is 0. The van der Waals surface area contributed by atoms with E-state index in [1.165, 1.54) is 22.9 Å². The first-order chi connectivity index (χ1) is 12.6. The molecule has 0 saturated carbocycles. The van der Waals surface area contributed by atoms with Gasteiger partial charge in [0.25, 0.3) is 5.91 Å². The predicted molar refractivity (Wildman–Crippen MR) is 92.3 cm³/mol. The number of carbonyl (C=O) groups is 1. The maximum absolute atomic E-state index is 13.2. The molecular weight excluding hydrogens is 335 g/mol. The van der Waals surface area contributed by atoms with Gasteiger partial charge in [-0.1, -0.05) is 6.07 Å². The smallest absolute Gasteiger partial charge is 0.278 e. The lowest BCUT2D eigenvalue weighted by atomic mass is 10.2. The number of nitriles is 1. The molecule has 0 spiro atoms. The molecule has 0 radical (unpaired) electrons. The van der Waals surface area contributed by atoms with E-state index in [0.717, 1.165) is 0 Å². The minimum absolute atomic E-state index is 0.180. The van der Waals surface area contributed by atoms with Crippen molar-refractivity contribution in [1.29, 1.82) is 5.26 Å². The number of hydrogen-bond acceptors (Lipinski definition) is 4. The van der Waals surface area contributed by atoms with Gasteiger partial charge in [-0.2, -0.15) is 10.4 Å². The zero-order valence-electron chi connectivity index (χ0n) is 13.3. The molecule has 0 aliphatic heterocycles. The number of nitrogens with zero attached hydrogens (tertiary/aromatic N) is 4. The molecule has 0 saturated heterocycles. The van der Waals surface area contributed by atoms with Gasteiger partial charge in [0.15, 0.2) is 5.69 Å². The van der Waals surface area contributed by atoms with Crippen LogP contribution in [0.3, 0.4) is 0 Å². The Kier molecular flexibility index (Phi) is 3.67. The SMILES string of the molecule is N#Cc1cccc(-n2ccc(C(=O)Nc3nc4ccc(F)cc4[nH]3)n2)c1. The fourth-order valence-corrected chi connectivity index (χ4v) is 2.52. The number of anilines is 1. The molecule has 2 aromatic heterocycles. The van der Waals surface area contributed by atoms with Gasteiger partial charge < -0.3 is 4.98 Å². The number of aromatic amines is 1. The summed E-state index contributed by atoms with van der Waals surface area (Å²) in [5, 5.41) is 15.8. The molecule has 126 valence electrons. The molecule has 4 aromatic rings. The third kappa shape index (κ3) is 2.89. The maximum atomic E-state index is 13.2. The van der Waals surface area contributed by atoms with Gasteiger partial charge in [-0.3, -0.25) is 10.1 Å². The summed E-state index contributed by atoms with van der Waals surface area (Å²) in [6.45, 7) is 0. The molecule has 0 aliphatic carbocycles. The first kappa shape index (κ1) is 15.5. The highest BCUT2D eigenvalue weighted by molar-refractivity contribution is 6.02. The Hall–Kier alpha value is -3.99. The largest absolute Gasteiger partial charge is 0.324 e. The van der Waals surface area contributed by atoms with Gasteiger partial charge in [-0.05, 0) is 42.5 Å². The summed E-state index contributed by atoms with van der Waals surface area (Å²) in [6, 6.07) is 14.6. The van der Waals surface area contributed by atoms with Gasteiger partial charge in [0.2, 0.25) is 5.95 Å². The van der Waals surface area contributed by atoms with Crippen molar-refractivity contribution in [3.8, 4) is 11.8 Å². The van der Waals surface area contributed by atoms with E-state index in [1.54, 1.807) is 36.5 Å².